The van der Waals surface area contributed by atoms with E-state index in [9.17, 15) is 4.79 Å². The molecule has 6 heteroatoms. The molecule has 1 amide bonds. The van der Waals surface area contributed by atoms with Crippen LogP contribution in [0.5, 0.6) is 11.5 Å². The first-order chi connectivity index (χ1) is 10.5. The molecule has 2 aromatic rings. The van der Waals surface area contributed by atoms with Gasteiger partial charge in [0.2, 0.25) is 0 Å². The maximum atomic E-state index is 12.5. The molecule has 0 saturated carbocycles. The molecule has 0 saturated heterocycles. The van der Waals surface area contributed by atoms with Crippen LogP contribution in [-0.2, 0) is 0 Å². The van der Waals surface area contributed by atoms with Crippen LogP contribution < -0.4 is 14.8 Å². The molecule has 0 aliphatic carbocycles. The zero-order valence-corrected chi connectivity index (χ0v) is 15.3. The SMILES string of the molecule is COc1ccc(C)cc1NC(=O)c1cc(Cl)c(I)cc1OC. The summed E-state index contributed by atoms with van der Waals surface area (Å²) in [5, 5.41) is 3.34. The number of ether oxygens (including phenoxy) is 2. The van der Waals surface area contributed by atoms with Gasteiger partial charge in [-0.15, -0.1) is 0 Å². The van der Waals surface area contributed by atoms with Crippen molar-refractivity contribution in [1.29, 1.82) is 0 Å². The smallest absolute Gasteiger partial charge is 0.259 e. The van der Waals surface area contributed by atoms with E-state index in [0.29, 0.717) is 27.8 Å². The summed E-state index contributed by atoms with van der Waals surface area (Å²) in [6.45, 7) is 1.94. The van der Waals surface area contributed by atoms with E-state index in [1.165, 1.54) is 7.11 Å². The van der Waals surface area contributed by atoms with Crippen LogP contribution in [0.1, 0.15) is 15.9 Å². The van der Waals surface area contributed by atoms with Gasteiger partial charge >= 0.3 is 0 Å². The molecule has 2 rings (SSSR count). The molecule has 0 fully saturated rings. The summed E-state index contributed by atoms with van der Waals surface area (Å²) < 4.78 is 11.3. The average Bonchev–Trinajstić information content (AvgIpc) is 2.49. The molecular weight excluding hydrogens is 417 g/mol. The van der Waals surface area contributed by atoms with E-state index in [2.05, 4.69) is 27.9 Å². The van der Waals surface area contributed by atoms with Gasteiger partial charge in [0.25, 0.3) is 5.91 Å². The zero-order valence-electron chi connectivity index (χ0n) is 12.4. The van der Waals surface area contributed by atoms with E-state index < -0.39 is 0 Å². The predicted molar refractivity (Wildman–Crippen MR) is 96.4 cm³/mol. The van der Waals surface area contributed by atoms with E-state index in [1.54, 1.807) is 19.2 Å². The van der Waals surface area contributed by atoms with Crippen molar-refractivity contribution in [2.75, 3.05) is 19.5 Å². The van der Waals surface area contributed by atoms with Crippen molar-refractivity contribution in [1.82, 2.24) is 0 Å². The third kappa shape index (κ3) is 3.64. The van der Waals surface area contributed by atoms with E-state index >= 15 is 0 Å². The van der Waals surface area contributed by atoms with Crippen LogP contribution >= 0.6 is 34.2 Å². The van der Waals surface area contributed by atoms with Gasteiger partial charge in [-0.25, -0.2) is 0 Å². The Kier molecular flexibility index (Phi) is 5.52. The Morgan fingerprint density at radius 2 is 1.82 bits per heavy atom. The second kappa shape index (κ2) is 7.19. The summed E-state index contributed by atoms with van der Waals surface area (Å²) in [4.78, 5) is 12.5. The molecule has 116 valence electrons. The van der Waals surface area contributed by atoms with Gasteiger partial charge in [0.15, 0.2) is 0 Å². The van der Waals surface area contributed by atoms with E-state index in [-0.39, 0.29) is 5.91 Å². The van der Waals surface area contributed by atoms with Gasteiger partial charge in [-0.2, -0.15) is 0 Å². The average molecular weight is 432 g/mol. The number of benzene rings is 2. The fourth-order valence-electron chi connectivity index (χ4n) is 1.98. The van der Waals surface area contributed by atoms with Gasteiger partial charge in [0.05, 0.1) is 30.5 Å². The van der Waals surface area contributed by atoms with Crippen molar-refractivity contribution < 1.29 is 14.3 Å². The Labute approximate surface area is 147 Å². The van der Waals surface area contributed by atoms with Crippen molar-refractivity contribution >= 4 is 45.8 Å². The molecule has 0 aliphatic rings. The van der Waals surface area contributed by atoms with E-state index in [0.717, 1.165) is 9.13 Å². The maximum absolute atomic E-state index is 12.5. The summed E-state index contributed by atoms with van der Waals surface area (Å²) in [7, 11) is 3.08. The summed E-state index contributed by atoms with van der Waals surface area (Å²) in [6, 6.07) is 8.89. The minimum Gasteiger partial charge on any atom is -0.496 e. The van der Waals surface area contributed by atoms with Crippen LogP contribution in [0, 0.1) is 10.5 Å². The number of amides is 1. The lowest BCUT2D eigenvalue weighted by atomic mass is 10.1. The Morgan fingerprint density at radius 3 is 2.45 bits per heavy atom. The lowest BCUT2D eigenvalue weighted by molar-refractivity contribution is 0.102. The summed E-state index contributed by atoms with van der Waals surface area (Å²) in [5.74, 6) is 0.756. The molecule has 0 bridgehead atoms. The van der Waals surface area contributed by atoms with Gasteiger partial charge in [-0.3, -0.25) is 4.79 Å². The molecule has 22 heavy (non-hydrogen) atoms. The first kappa shape index (κ1) is 16.9. The minimum atomic E-state index is -0.306. The molecule has 0 radical (unpaired) electrons. The number of hydrogen-bond acceptors (Lipinski definition) is 3. The Bertz CT molecular complexity index is 719. The molecule has 0 heterocycles. The number of hydrogen-bond donors (Lipinski definition) is 1. The van der Waals surface area contributed by atoms with Crippen molar-refractivity contribution in [3.05, 3.63) is 50.1 Å². The molecule has 0 aliphatic heterocycles. The predicted octanol–water partition coefficient (Wildman–Crippen LogP) is 4.52. The van der Waals surface area contributed by atoms with Crippen LogP contribution in [-0.4, -0.2) is 20.1 Å². The first-order valence-electron chi connectivity index (χ1n) is 6.45. The molecule has 0 atom stereocenters. The topological polar surface area (TPSA) is 47.6 Å². The van der Waals surface area contributed by atoms with Crippen molar-refractivity contribution in [3.8, 4) is 11.5 Å². The minimum absolute atomic E-state index is 0.306. The third-order valence-electron chi connectivity index (χ3n) is 3.09. The number of nitrogens with one attached hydrogen (secondary N) is 1. The number of aryl methyl sites for hydroxylation is 1. The second-order valence-corrected chi connectivity index (χ2v) is 6.19. The Hall–Kier alpha value is -1.47. The molecule has 1 N–H and O–H groups in total. The highest BCUT2D eigenvalue weighted by Crippen LogP contribution is 2.30. The molecular formula is C16H15ClINO3. The lowest BCUT2D eigenvalue weighted by Crippen LogP contribution is -2.14. The van der Waals surface area contributed by atoms with Crippen LogP contribution in [0.3, 0.4) is 0 Å². The largest absolute Gasteiger partial charge is 0.496 e. The molecule has 4 nitrogen and oxygen atoms in total. The standard InChI is InChI=1S/C16H15ClINO3/c1-9-4-5-14(21-2)13(6-9)19-16(20)10-7-11(17)12(18)8-15(10)22-3/h4-8H,1-3H3,(H,19,20). The summed E-state index contributed by atoms with van der Waals surface area (Å²) in [5.41, 5.74) is 1.99. The summed E-state index contributed by atoms with van der Waals surface area (Å²) in [6.07, 6.45) is 0. The Morgan fingerprint density at radius 1 is 1.14 bits per heavy atom. The number of carbonyl (C=O) groups is 1. The quantitative estimate of drug-likeness (QED) is 0.724. The number of halogens is 2. The number of carbonyl (C=O) groups excluding carboxylic acids is 1. The third-order valence-corrected chi connectivity index (χ3v) is 4.61. The molecule has 0 aromatic heterocycles. The van der Waals surface area contributed by atoms with Crippen LogP contribution in [0.25, 0.3) is 0 Å². The maximum Gasteiger partial charge on any atom is 0.259 e. The normalized spacial score (nSPS) is 10.2. The van der Waals surface area contributed by atoms with E-state index in [4.69, 9.17) is 21.1 Å². The number of anilines is 1. The molecule has 0 unspecified atom stereocenters. The monoisotopic (exact) mass is 431 g/mol. The van der Waals surface area contributed by atoms with Crippen molar-refractivity contribution in [3.63, 3.8) is 0 Å². The fourth-order valence-corrected chi connectivity index (χ4v) is 2.59. The van der Waals surface area contributed by atoms with Crippen LogP contribution in [0.15, 0.2) is 30.3 Å². The van der Waals surface area contributed by atoms with E-state index in [1.807, 2.05) is 25.1 Å². The van der Waals surface area contributed by atoms with Gasteiger partial charge in [0, 0.05) is 3.57 Å². The Balaban J connectivity index is 2.38. The van der Waals surface area contributed by atoms with Crippen LogP contribution in [0.4, 0.5) is 5.69 Å². The van der Waals surface area contributed by atoms with Gasteiger partial charge in [0.1, 0.15) is 11.5 Å². The summed E-state index contributed by atoms with van der Waals surface area (Å²) >= 11 is 8.19. The highest BCUT2D eigenvalue weighted by Gasteiger charge is 2.17. The molecule has 0 spiro atoms. The van der Waals surface area contributed by atoms with Crippen molar-refractivity contribution in [2.45, 2.75) is 6.92 Å². The number of rotatable bonds is 4. The number of methoxy groups -OCH3 is 2. The zero-order chi connectivity index (χ0) is 16.3. The van der Waals surface area contributed by atoms with Gasteiger partial charge in [-0.05, 0) is 59.3 Å². The van der Waals surface area contributed by atoms with Crippen LogP contribution in [0.2, 0.25) is 5.02 Å². The molecule has 2 aromatic carbocycles. The fraction of sp³-hybridized carbons (Fsp3) is 0.188. The lowest BCUT2D eigenvalue weighted by Gasteiger charge is -2.13. The highest BCUT2D eigenvalue weighted by atomic mass is 127. The van der Waals surface area contributed by atoms with Gasteiger partial charge in [-0.1, -0.05) is 17.7 Å². The second-order valence-electron chi connectivity index (χ2n) is 4.62. The van der Waals surface area contributed by atoms with Crippen molar-refractivity contribution in [2.24, 2.45) is 0 Å². The van der Waals surface area contributed by atoms with Gasteiger partial charge < -0.3 is 14.8 Å². The first-order valence-corrected chi connectivity index (χ1v) is 7.91. The highest BCUT2D eigenvalue weighted by molar-refractivity contribution is 14.1.